The number of benzene rings is 3. The zero-order valence-corrected chi connectivity index (χ0v) is 20.5. The molecule has 4 aromatic rings. The number of piperidine rings is 1. The van der Waals surface area contributed by atoms with Crippen LogP contribution in [0.1, 0.15) is 18.4 Å². The molecular formula is C25H22Cl2N2O4S. The predicted octanol–water partition coefficient (Wildman–Crippen LogP) is 6.07. The van der Waals surface area contributed by atoms with Crippen LogP contribution in [0.3, 0.4) is 0 Å². The predicted molar refractivity (Wildman–Crippen MR) is 136 cm³/mol. The van der Waals surface area contributed by atoms with Crippen molar-refractivity contribution in [2.24, 2.45) is 5.92 Å². The molecule has 2 heterocycles. The summed E-state index contributed by atoms with van der Waals surface area (Å²) < 4.78 is 33.2. The number of furan rings is 1. The van der Waals surface area contributed by atoms with Crippen LogP contribution in [0.5, 0.6) is 0 Å². The molecule has 0 saturated carbocycles. The zero-order valence-electron chi connectivity index (χ0n) is 18.1. The summed E-state index contributed by atoms with van der Waals surface area (Å²) in [6.45, 7) is 0.538. The Morgan fingerprint density at radius 2 is 1.62 bits per heavy atom. The number of rotatable bonds is 5. The van der Waals surface area contributed by atoms with Gasteiger partial charge in [-0.05, 0) is 43.2 Å². The number of nitrogens with zero attached hydrogens (tertiary/aromatic N) is 1. The van der Waals surface area contributed by atoms with Gasteiger partial charge in [-0.2, -0.15) is 0 Å². The number of sulfonamides is 1. The van der Waals surface area contributed by atoms with Gasteiger partial charge in [0, 0.05) is 57.1 Å². The number of hydrogen-bond donors (Lipinski definition) is 1. The molecule has 0 aliphatic carbocycles. The summed E-state index contributed by atoms with van der Waals surface area (Å²) >= 11 is 12.3. The minimum atomic E-state index is -3.61. The fraction of sp³-hybridized carbons (Fsp3) is 0.240. The van der Waals surface area contributed by atoms with Gasteiger partial charge in [0.2, 0.25) is 15.9 Å². The van der Waals surface area contributed by atoms with E-state index in [9.17, 15) is 13.2 Å². The third-order valence-electron chi connectivity index (χ3n) is 6.25. The lowest BCUT2D eigenvalue weighted by Crippen LogP contribution is -2.41. The Morgan fingerprint density at radius 1 is 0.941 bits per heavy atom. The number of anilines is 1. The molecule has 1 saturated heterocycles. The van der Waals surface area contributed by atoms with Gasteiger partial charge in [0.25, 0.3) is 0 Å². The van der Waals surface area contributed by atoms with Crippen molar-refractivity contribution in [3.63, 3.8) is 0 Å². The molecule has 1 fully saturated rings. The molecule has 0 bridgehead atoms. The van der Waals surface area contributed by atoms with Crippen molar-refractivity contribution in [1.82, 2.24) is 4.31 Å². The van der Waals surface area contributed by atoms with E-state index in [1.165, 1.54) is 4.31 Å². The summed E-state index contributed by atoms with van der Waals surface area (Å²) in [5.74, 6) is -0.664. The number of para-hydroxylation sites is 1. The minimum Gasteiger partial charge on any atom is -0.456 e. The van der Waals surface area contributed by atoms with E-state index < -0.39 is 10.0 Å². The molecule has 1 aliphatic heterocycles. The lowest BCUT2D eigenvalue weighted by molar-refractivity contribution is -0.120. The maximum absolute atomic E-state index is 12.9. The highest BCUT2D eigenvalue weighted by Crippen LogP contribution is 2.32. The Labute approximate surface area is 207 Å². The van der Waals surface area contributed by atoms with Crippen molar-refractivity contribution < 1.29 is 17.6 Å². The number of halogens is 2. The van der Waals surface area contributed by atoms with E-state index in [1.54, 1.807) is 18.2 Å². The van der Waals surface area contributed by atoms with Crippen molar-refractivity contribution in [3.05, 3.63) is 76.3 Å². The molecule has 6 nitrogen and oxygen atoms in total. The summed E-state index contributed by atoms with van der Waals surface area (Å²) in [6, 6.07) is 18.3. The second-order valence-corrected chi connectivity index (χ2v) is 11.2. The smallest absolute Gasteiger partial charge is 0.227 e. The molecule has 0 radical (unpaired) electrons. The first kappa shape index (κ1) is 23.2. The molecule has 1 amide bonds. The standard InChI is InChI=1S/C25H22Cl2N2O4S/c26-21-5-3-6-22(27)20(21)15-34(31,32)29-12-10-16(11-13-29)25(30)28-17-8-9-19-18-4-1-2-7-23(18)33-24(19)14-17/h1-9,14,16H,10-13,15H2,(H,28,30). The first-order valence-electron chi connectivity index (χ1n) is 10.9. The van der Waals surface area contributed by atoms with Gasteiger partial charge in [-0.15, -0.1) is 0 Å². The van der Waals surface area contributed by atoms with E-state index in [4.69, 9.17) is 27.6 Å². The molecule has 5 rings (SSSR count). The van der Waals surface area contributed by atoms with Gasteiger partial charge in [0.05, 0.1) is 5.75 Å². The van der Waals surface area contributed by atoms with Crippen LogP contribution in [0.25, 0.3) is 21.9 Å². The molecule has 176 valence electrons. The highest BCUT2D eigenvalue weighted by molar-refractivity contribution is 7.88. The number of fused-ring (bicyclic) bond motifs is 3. The van der Waals surface area contributed by atoms with E-state index in [1.807, 2.05) is 42.5 Å². The van der Waals surface area contributed by atoms with Crippen LogP contribution in [0.4, 0.5) is 5.69 Å². The van der Waals surface area contributed by atoms with Crippen LogP contribution in [0.2, 0.25) is 10.0 Å². The topological polar surface area (TPSA) is 79.6 Å². The first-order valence-corrected chi connectivity index (χ1v) is 13.3. The number of amides is 1. The van der Waals surface area contributed by atoms with Crippen LogP contribution in [0.15, 0.2) is 65.1 Å². The monoisotopic (exact) mass is 516 g/mol. The van der Waals surface area contributed by atoms with Gasteiger partial charge in [-0.3, -0.25) is 4.79 Å². The molecule has 3 aromatic carbocycles. The molecular weight excluding hydrogens is 495 g/mol. The molecule has 34 heavy (non-hydrogen) atoms. The Morgan fingerprint density at radius 3 is 2.35 bits per heavy atom. The van der Waals surface area contributed by atoms with Gasteiger partial charge in [-0.1, -0.05) is 47.5 Å². The largest absolute Gasteiger partial charge is 0.456 e. The van der Waals surface area contributed by atoms with Gasteiger partial charge in [-0.25, -0.2) is 12.7 Å². The van der Waals surface area contributed by atoms with Gasteiger partial charge < -0.3 is 9.73 Å². The van der Waals surface area contributed by atoms with Gasteiger partial charge >= 0.3 is 0 Å². The molecule has 9 heteroatoms. The lowest BCUT2D eigenvalue weighted by Gasteiger charge is -2.30. The van der Waals surface area contributed by atoms with E-state index in [2.05, 4.69) is 5.32 Å². The average Bonchev–Trinajstić information content (AvgIpc) is 3.19. The molecule has 1 N–H and O–H groups in total. The van der Waals surface area contributed by atoms with Crippen molar-refractivity contribution >= 4 is 66.8 Å². The third-order valence-corrected chi connectivity index (χ3v) is 8.77. The highest BCUT2D eigenvalue weighted by Gasteiger charge is 2.32. The van der Waals surface area contributed by atoms with Crippen LogP contribution in [-0.4, -0.2) is 31.7 Å². The zero-order chi connectivity index (χ0) is 23.9. The highest BCUT2D eigenvalue weighted by atomic mass is 35.5. The molecule has 1 aromatic heterocycles. The fourth-order valence-electron chi connectivity index (χ4n) is 4.39. The average molecular weight is 517 g/mol. The molecule has 0 atom stereocenters. The number of nitrogens with one attached hydrogen (secondary N) is 1. The summed E-state index contributed by atoms with van der Waals surface area (Å²) in [6.07, 6.45) is 0.877. The second-order valence-electron chi connectivity index (χ2n) is 8.43. The number of carbonyl (C=O) groups is 1. The van der Waals surface area contributed by atoms with Crippen molar-refractivity contribution in [3.8, 4) is 0 Å². The van der Waals surface area contributed by atoms with Gasteiger partial charge in [0.15, 0.2) is 0 Å². The quantitative estimate of drug-likeness (QED) is 0.348. The summed E-state index contributed by atoms with van der Waals surface area (Å²) in [5, 5.41) is 5.63. The molecule has 0 spiro atoms. The van der Waals surface area contributed by atoms with Gasteiger partial charge in [0.1, 0.15) is 11.2 Å². The van der Waals surface area contributed by atoms with E-state index >= 15 is 0 Å². The van der Waals surface area contributed by atoms with Crippen molar-refractivity contribution in [2.45, 2.75) is 18.6 Å². The van der Waals surface area contributed by atoms with E-state index in [-0.39, 0.29) is 30.7 Å². The molecule has 1 aliphatic rings. The number of hydrogen-bond acceptors (Lipinski definition) is 4. The SMILES string of the molecule is O=C(Nc1ccc2c(c1)oc1ccccc12)C1CCN(S(=O)(=O)Cc2c(Cl)cccc2Cl)CC1. The maximum Gasteiger partial charge on any atom is 0.227 e. The maximum atomic E-state index is 12.9. The van der Waals surface area contributed by atoms with Crippen molar-refractivity contribution in [1.29, 1.82) is 0 Å². The fourth-order valence-corrected chi connectivity index (χ4v) is 6.70. The summed E-state index contributed by atoms with van der Waals surface area (Å²) in [5.41, 5.74) is 2.55. The minimum absolute atomic E-state index is 0.123. The van der Waals surface area contributed by atoms with Crippen molar-refractivity contribution in [2.75, 3.05) is 18.4 Å². The van der Waals surface area contributed by atoms with Crippen LogP contribution in [-0.2, 0) is 20.6 Å². The second kappa shape index (κ2) is 9.23. The van der Waals surface area contributed by atoms with Crippen LogP contribution >= 0.6 is 23.2 Å². The Kier molecular flexibility index (Phi) is 6.29. The first-order chi connectivity index (χ1) is 16.3. The Hall–Kier alpha value is -2.58. The van der Waals surface area contributed by atoms with Crippen LogP contribution < -0.4 is 5.32 Å². The lowest BCUT2D eigenvalue weighted by atomic mass is 9.97. The Bertz CT molecular complexity index is 1470. The van der Waals surface area contributed by atoms with Crippen LogP contribution in [0, 0.1) is 5.92 Å². The van der Waals surface area contributed by atoms with E-state index in [0.29, 0.717) is 39.7 Å². The summed E-state index contributed by atoms with van der Waals surface area (Å²) in [7, 11) is -3.61. The molecule has 0 unspecified atom stereocenters. The van der Waals surface area contributed by atoms with E-state index in [0.717, 1.165) is 16.4 Å². The third kappa shape index (κ3) is 4.53. The Balaban J connectivity index is 1.23. The summed E-state index contributed by atoms with van der Waals surface area (Å²) in [4.78, 5) is 12.9. The normalized spacial score (nSPS) is 15.7. The number of carbonyl (C=O) groups excluding carboxylic acids is 1.